The Kier molecular flexibility index (Phi) is 6.75. The van der Waals surface area contributed by atoms with E-state index in [1.165, 1.54) is 24.0 Å². The number of terminal acetylenes is 1. The standard InChI is InChI=1S/C21H21F2N5O2S/c1-5-6-30-15-9-26-18(11(3)27-15)20(29)28-12-7-13(17(23)14(22)8-12)16-10(2)19(16)31-21(24)25-4/h1,7-10,16,19H,6H2,2-4H3,(H2,24,25)(H,28,29). The lowest BCUT2D eigenvalue weighted by molar-refractivity contribution is 0.102. The van der Waals surface area contributed by atoms with Gasteiger partial charge < -0.3 is 15.8 Å². The number of carbonyl (C=O) groups excluding carboxylic acids is 1. The van der Waals surface area contributed by atoms with Gasteiger partial charge in [0.1, 0.15) is 5.69 Å². The van der Waals surface area contributed by atoms with E-state index < -0.39 is 17.5 Å². The first-order valence-corrected chi connectivity index (χ1v) is 10.2. The lowest BCUT2D eigenvalue weighted by Gasteiger charge is -2.11. The number of ether oxygens (including phenoxy) is 1. The van der Waals surface area contributed by atoms with Crippen LogP contribution in [0.25, 0.3) is 0 Å². The zero-order chi connectivity index (χ0) is 22.7. The average Bonchev–Trinajstić information content (AvgIpc) is 3.36. The summed E-state index contributed by atoms with van der Waals surface area (Å²) in [6.07, 6.45) is 6.40. The molecule has 3 unspecified atom stereocenters. The summed E-state index contributed by atoms with van der Waals surface area (Å²) in [5.74, 6) is -0.270. The average molecular weight is 445 g/mol. The molecule has 1 aliphatic rings. The highest BCUT2D eigenvalue weighted by molar-refractivity contribution is 8.14. The summed E-state index contributed by atoms with van der Waals surface area (Å²) < 4.78 is 33.9. The van der Waals surface area contributed by atoms with Crippen LogP contribution in [0.2, 0.25) is 0 Å². The fourth-order valence-electron chi connectivity index (χ4n) is 3.24. The Morgan fingerprint density at radius 3 is 2.84 bits per heavy atom. The van der Waals surface area contributed by atoms with Crippen LogP contribution in [-0.2, 0) is 0 Å². The molecule has 0 spiro atoms. The molecule has 3 atom stereocenters. The lowest BCUT2D eigenvalue weighted by Crippen LogP contribution is -2.17. The van der Waals surface area contributed by atoms with Gasteiger partial charge in [0, 0.05) is 30.0 Å². The topological polar surface area (TPSA) is 102 Å². The minimum Gasteiger partial charge on any atom is -0.463 e. The number of nitrogens with one attached hydrogen (secondary N) is 1. The summed E-state index contributed by atoms with van der Waals surface area (Å²) >= 11 is 1.33. The van der Waals surface area contributed by atoms with Gasteiger partial charge in [-0.25, -0.2) is 18.7 Å². The number of nitrogens with zero attached hydrogens (tertiary/aromatic N) is 3. The Morgan fingerprint density at radius 2 is 2.19 bits per heavy atom. The fourth-order valence-corrected chi connectivity index (χ4v) is 4.46. The van der Waals surface area contributed by atoms with E-state index in [1.54, 1.807) is 14.0 Å². The number of aliphatic imine (C=N–C) groups is 1. The van der Waals surface area contributed by atoms with Crippen molar-refractivity contribution in [3.63, 3.8) is 0 Å². The first kappa shape index (κ1) is 22.5. The molecule has 0 aliphatic heterocycles. The number of amidine groups is 1. The minimum atomic E-state index is -1.05. The maximum absolute atomic E-state index is 14.5. The van der Waals surface area contributed by atoms with Crippen LogP contribution in [0.4, 0.5) is 14.5 Å². The van der Waals surface area contributed by atoms with Crippen LogP contribution in [0.3, 0.4) is 0 Å². The smallest absolute Gasteiger partial charge is 0.276 e. The first-order valence-electron chi connectivity index (χ1n) is 9.35. The summed E-state index contributed by atoms with van der Waals surface area (Å²) in [7, 11) is 1.57. The molecular formula is C21H21F2N5O2S. The SMILES string of the molecule is C#CCOc1cnc(C(=O)Nc2cc(F)c(F)c(C3C(C)C3SC(N)=NC)c2)c(C)n1. The quantitative estimate of drug-likeness (QED) is 0.402. The highest BCUT2D eigenvalue weighted by Gasteiger charge is 2.50. The fraction of sp³-hybridized carbons (Fsp3) is 0.333. The van der Waals surface area contributed by atoms with Gasteiger partial charge in [-0.1, -0.05) is 24.6 Å². The Balaban J connectivity index is 1.80. The van der Waals surface area contributed by atoms with Crippen molar-refractivity contribution in [2.45, 2.75) is 25.0 Å². The maximum Gasteiger partial charge on any atom is 0.276 e. The molecule has 2 aromatic rings. The van der Waals surface area contributed by atoms with Crippen molar-refractivity contribution in [3.8, 4) is 18.2 Å². The van der Waals surface area contributed by atoms with Crippen LogP contribution in [0.5, 0.6) is 5.88 Å². The second-order valence-electron chi connectivity index (χ2n) is 6.98. The van der Waals surface area contributed by atoms with Crippen LogP contribution >= 0.6 is 11.8 Å². The molecule has 7 nitrogen and oxygen atoms in total. The molecule has 1 saturated carbocycles. The Morgan fingerprint density at radius 1 is 1.45 bits per heavy atom. The van der Waals surface area contributed by atoms with Crippen molar-refractivity contribution in [3.05, 3.63) is 46.9 Å². The number of aryl methyl sites for hydroxylation is 1. The van der Waals surface area contributed by atoms with Crippen molar-refractivity contribution in [1.82, 2.24) is 9.97 Å². The van der Waals surface area contributed by atoms with Gasteiger partial charge in [-0.15, -0.1) is 6.42 Å². The van der Waals surface area contributed by atoms with E-state index in [2.05, 4.69) is 26.2 Å². The maximum atomic E-state index is 14.5. The number of anilines is 1. The van der Waals surface area contributed by atoms with E-state index in [9.17, 15) is 13.6 Å². The van der Waals surface area contributed by atoms with Gasteiger partial charge in [0.05, 0.1) is 11.9 Å². The van der Waals surface area contributed by atoms with Gasteiger partial charge >= 0.3 is 0 Å². The molecular weight excluding hydrogens is 424 g/mol. The van der Waals surface area contributed by atoms with E-state index in [0.29, 0.717) is 10.9 Å². The van der Waals surface area contributed by atoms with E-state index in [-0.39, 0.29) is 46.5 Å². The summed E-state index contributed by atoms with van der Waals surface area (Å²) in [5.41, 5.74) is 6.39. The molecule has 3 rings (SSSR count). The van der Waals surface area contributed by atoms with Crippen LogP contribution in [0.15, 0.2) is 23.3 Å². The van der Waals surface area contributed by atoms with E-state index in [1.807, 2.05) is 6.92 Å². The Hall–Kier alpha value is -3.19. The molecule has 3 N–H and O–H groups in total. The van der Waals surface area contributed by atoms with E-state index >= 15 is 0 Å². The van der Waals surface area contributed by atoms with Crippen LogP contribution in [0, 0.1) is 36.8 Å². The summed E-state index contributed by atoms with van der Waals surface area (Å²) in [6.45, 7) is 3.53. The number of benzene rings is 1. The number of rotatable bonds is 6. The zero-order valence-electron chi connectivity index (χ0n) is 17.1. The summed E-state index contributed by atoms with van der Waals surface area (Å²) in [5, 5.41) is 2.92. The number of carbonyl (C=O) groups is 1. The van der Waals surface area contributed by atoms with Gasteiger partial charge in [-0.05, 0) is 24.5 Å². The molecule has 0 bridgehead atoms. The second kappa shape index (κ2) is 9.31. The largest absolute Gasteiger partial charge is 0.463 e. The molecule has 31 heavy (non-hydrogen) atoms. The monoisotopic (exact) mass is 445 g/mol. The number of hydrogen-bond donors (Lipinski definition) is 2. The number of thioether (sulfide) groups is 1. The molecule has 1 heterocycles. The third-order valence-corrected chi connectivity index (χ3v) is 6.31. The van der Waals surface area contributed by atoms with Crippen LogP contribution in [-0.4, -0.2) is 39.9 Å². The number of halogens is 2. The lowest BCUT2D eigenvalue weighted by atomic mass is 10.1. The number of hydrogen-bond acceptors (Lipinski definition) is 6. The van der Waals surface area contributed by atoms with Gasteiger partial charge in [0.25, 0.3) is 5.91 Å². The van der Waals surface area contributed by atoms with E-state index in [4.69, 9.17) is 16.9 Å². The molecule has 1 aromatic heterocycles. The molecule has 0 radical (unpaired) electrons. The second-order valence-corrected chi connectivity index (χ2v) is 8.18. The molecule has 1 aliphatic carbocycles. The van der Waals surface area contributed by atoms with Crippen molar-refractivity contribution in [2.75, 3.05) is 19.0 Å². The minimum absolute atomic E-state index is 0.0198. The molecule has 162 valence electrons. The van der Waals surface area contributed by atoms with Crippen LogP contribution in [0.1, 0.15) is 34.6 Å². The predicted molar refractivity (Wildman–Crippen MR) is 116 cm³/mol. The van der Waals surface area contributed by atoms with Gasteiger partial charge in [-0.3, -0.25) is 9.79 Å². The van der Waals surface area contributed by atoms with Crippen molar-refractivity contribution in [2.24, 2.45) is 16.6 Å². The summed E-state index contributed by atoms with van der Waals surface area (Å²) in [4.78, 5) is 24.7. The third kappa shape index (κ3) is 4.94. The Labute approximate surface area is 182 Å². The highest BCUT2D eigenvalue weighted by atomic mass is 32.2. The molecule has 10 heteroatoms. The first-order chi connectivity index (χ1) is 14.8. The normalized spacial score (nSPS) is 20.1. The van der Waals surface area contributed by atoms with Gasteiger partial charge in [0.15, 0.2) is 23.4 Å². The number of aromatic nitrogens is 2. The van der Waals surface area contributed by atoms with Crippen molar-refractivity contribution < 1.29 is 18.3 Å². The molecule has 0 saturated heterocycles. The van der Waals surface area contributed by atoms with Crippen LogP contribution < -0.4 is 15.8 Å². The molecule has 1 fully saturated rings. The summed E-state index contributed by atoms with van der Waals surface area (Å²) in [6, 6.07) is 2.37. The van der Waals surface area contributed by atoms with Gasteiger partial charge in [0.2, 0.25) is 5.88 Å². The number of amides is 1. The Bertz CT molecular complexity index is 1090. The molecule has 1 aromatic carbocycles. The molecule has 1 amide bonds. The van der Waals surface area contributed by atoms with Gasteiger partial charge in [-0.2, -0.15) is 0 Å². The zero-order valence-corrected chi connectivity index (χ0v) is 18.0. The van der Waals surface area contributed by atoms with E-state index in [0.717, 1.165) is 6.07 Å². The highest BCUT2D eigenvalue weighted by Crippen LogP contribution is 2.55. The van der Waals surface area contributed by atoms with Crippen molar-refractivity contribution in [1.29, 1.82) is 0 Å². The predicted octanol–water partition coefficient (Wildman–Crippen LogP) is 3.11. The van der Waals surface area contributed by atoms with Crippen molar-refractivity contribution >= 4 is 28.5 Å². The third-order valence-electron chi connectivity index (χ3n) is 4.89. The number of nitrogens with two attached hydrogens (primary N) is 1.